The molecule has 0 bridgehead atoms. The maximum atomic E-state index is 12.8. The second-order valence-corrected chi connectivity index (χ2v) is 7.46. The smallest absolute Gasteiger partial charge is 0.322 e. The van der Waals surface area contributed by atoms with Gasteiger partial charge in [0.05, 0.1) is 11.7 Å². The molecule has 1 atom stereocenters. The van der Waals surface area contributed by atoms with Crippen LogP contribution in [0.15, 0.2) is 38.4 Å². The molecule has 0 radical (unpaired) electrons. The molecular formula is C18H20N4O3S. The number of rotatable bonds is 4. The number of carbonyl (C=O) groups is 1. The van der Waals surface area contributed by atoms with Gasteiger partial charge in [0, 0.05) is 24.4 Å². The van der Waals surface area contributed by atoms with Crippen molar-refractivity contribution in [1.29, 1.82) is 0 Å². The molecule has 8 heteroatoms. The molecular weight excluding hydrogens is 352 g/mol. The number of hydrogen-bond acceptors (Lipinski definition) is 6. The zero-order valence-corrected chi connectivity index (χ0v) is 15.5. The van der Waals surface area contributed by atoms with E-state index >= 15 is 0 Å². The summed E-state index contributed by atoms with van der Waals surface area (Å²) < 4.78 is 11.1. The number of nitrogens with one attached hydrogen (secondary N) is 1. The van der Waals surface area contributed by atoms with Crippen molar-refractivity contribution in [3.8, 4) is 0 Å². The third kappa shape index (κ3) is 3.29. The minimum absolute atomic E-state index is 0.0715. The normalized spacial score (nSPS) is 17.2. The fourth-order valence-electron chi connectivity index (χ4n) is 3.21. The molecule has 0 aliphatic carbocycles. The van der Waals surface area contributed by atoms with E-state index < -0.39 is 0 Å². The lowest BCUT2D eigenvalue weighted by Crippen LogP contribution is -2.34. The molecule has 1 saturated heterocycles. The average molecular weight is 372 g/mol. The van der Waals surface area contributed by atoms with Crippen LogP contribution in [0.5, 0.6) is 0 Å². The quantitative estimate of drug-likeness (QED) is 0.674. The molecule has 2 aromatic heterocycles. The Morgan fingerprint density at radius 2 is 2.31 bits per heavy atom. The molecule has 1 unspecified atom stereocenters. The summed E-state index contributed by atoms with van der Waals surface area (Å²) in [5.41, 5.74) is 2.97. The van der Waals surface area contributed by atoms with E-state index in [4.69, 9.17) is 8.94 Å². The molecule has 1 aliphatic heterocycles. The lowest BCUT2D eigenvalue weighted by atomic mass is 10.1. The van der Waals surface area contributed by atoms with Crippen molar-refractivity contribution in [3.63, 3.8) is 0 Å². The van der Waals surface area contributed by atoms with E-state index in [-0.39, 0.29) is 12.1 Å². The van der Waals surface area contributed by atoms with Crippen LogP contribution < -0.4 is 5.32 Å². The van der Waals surface area contributed by atoms with Crippen molar-refractivity contribution in [1.82, 2.24) is 15.0 Å². The number of fused-ring (bicyclic) bond motifs is 1. The molecule has 3 aromatic rings. The number of thioether (sulfide) groups is 1. The highest BCUT2D eigenvalue weighted by Gasteiger charge is 2.32. The van der Waals surface area contributed by atoms with Crippen molar-refractivity contribution < 1.29 is 13.7 Å². The molecule has 1 aliphatic rings. The maximum absolute atomic E-state index is 12.8. The van der Waals surface area contributed by atoms with Gasteiger partial charge in [-0.05, 0) is 37.7 Å². The van der Waals surface area contributed by atoms with E-state index in [0.717, 1.165) is 35.6 Å². The Hall–Kier alpha value is -2.48. The van der Waals surface area contributed by atoms with E-state index in [2.05, 4.69) is 15.5 Å². The molecule has 1 aromatic carbocycles. The van der Waals surface area contributed by atoms with Crippen molar-refractivity contribution in [2.75, 3.05) is 17.6 Å². The van der Waals surface area contributed by atoms with Crippen LogP contribution in [-0.4, -0.2) is 33.4 Å². The number of aryl methyl sites for hydroxylation is 1. The standard InChI is InChI=1S/C18H20N4O3S/c1-3-26-18-20-13-7-6-12(10-15(13)24-18)19-17(23)22-8-4-5-14(22)16-9-11(2)21-25-16/h6-7,9-10,14H,3-5,8H2,1-2H3,(H,19,23). The Kier molecular flexibility index (Phi) is 4.58. The van der Waals surface area contributed by atoms with Gasteiger partial charge in [-0.1, -0.05) is 23.8 Å². The van der Waals surface area contributed by atoms with Gasteiger partial charge < -0.3 is 19.2 Å². The minimum Gasteiger partial charge on any atom is -0.431 e. The highest BCUT2D eigenvalue weighted by molar-refractivity contribution is 7.99. The summed E-state index contributed by atoms with van der Waals surface area (Å²) in [6.45, 7) is 4.62. The van der Waals surface area contributed by atoms with Crippen molar-refractivity contribution >= 4 is 34.6 Å². The van der Waals surface area contributed by atoms with Crippen LogP contribution in [0.2, 0.25) is 0 Å². The monoisotopic (exact) mass is 372 g/mol. The van der Waals surface area contributed by atoms with Gasteiger partial charge in [-0.25, -0.2) is 9.78 Å². The van der Waals surface area contributed by atoms with E-state index in [1.165, 1.54) is 0 Å². The number of nitrogens with zero attached hydrogens (tertiary/aromatic N) is 3. The van der Waals surface area contributed by atoms with E-state index in [1.54, 1.807) is 16.7 Å². The lowest BCUT2D eigenvalue weighted by molar-refractivity contribution is 0.195. The number of carbonyl (C=O) groups excluding carboxylic acids is 1. The largest absolute Gasteiger partial charge is 0.431 e. The topological polar surface area (TPSA) is 84.4 Å². The van der Waals surface area contributed by atoms with Gasteiger partial charge in [0.25, 0.3) is 5.22 Å². The summed E-state index contributed by atoms with van der Waals surface area (Å²) in [5.74, 6) is 1.63. The molecule has 7 nitrogen and oxygen atoms in total. The Morgan fingerprint density at radius 1 is 1.42 bits per heavy atom. The highest BCUT2D eigenvalue weighted by atomic mass is 32.2. The summed E-state index contributed by atoms with van der Waals surface area (Å²) in [5, 5.41) is 7.53. The number of hydrogen-bond donors (Lipinski definition) is 1. The van der Waals surface area contributed by atoms with Gasteiger partial charge in [-0.15, -0.1) is 0 Å². The predicted molar refractivity (Wildman–Crippen MR) is 99.3 cm³/mol. The first-order chi connectivity index (χ1) is 12.6. The number of likely N-dealkylation sites (tertiary alicyclic amines) is 1. The Morgan fingerprint density at radius 3 is 3.08 bits per heavy atom. The van der Waals surface area contributed by atoms with Crippen molar-refractivity contribution in [3.05, 3.63) is 35.7 Å². The molecule has 1 fully saturated rings. The fourth-order valence-corrected chi connectivity index (χ4v) is 3.77. The van der Waals surface area contributed by atoms with Crippen molar-refractivity contribution in [2.45, 2.75) is 38.0 Å². The molecule has 4 rings (SSSR count). The second-order valence-electron chi connectivity index (χ2n) is 6.25. The lowest BCUT2D eigenvalue weighted by Gasteiger charge is -2.23. The Balaban J connectivity index is 1.51. The van der Waals surface area contributed by atoms with E-state index in [0.29, 0.717) is 23.0 Å². The van der Waals surface area contributed by atoms with E-state index in [1.807, 2.05) is 38.1 Å². The number of amides is 2. The number of anilines is 1. The van der Waals surface area contributed by atoms with Gasteiger partial charge in [0.1, 0.15) is 5.52 Å². The Bertz CT molecular complexity index is 936. The van der Waals surface area contributed by atoms with Gasteiger partial charge in [-0.2, -0.15) is 0 Å². The summed E-state index contributed by atoms with van der Waals surface area (Å²) in [4.78, 5) is 19.0. The fraction of sp³-hybridized carbons (Fsp3) is 0.389. The van der Waals surface area contributed by atoms with Crippen LogP contribution in [-0.2, 0) is 0 Å². The number of oxazole rings is 1. The first-order valence-electron chi connectivity index (χ1n) is 8.68. The predicted octanol–water partition coefficient (Wildman–Crippen LogP) is 4.61. The van der Waals surface area contributed by atoms with Crippen LogP contribution in [0.3, 0.4) is 0 Å². The van der Waals surface area contributed by atoms with Gasteiger partial charge >= 0.3 is 6.03 Å². The third-order valence-corrected chi connectivity index (χ3v) is 5.09. The first-order valence-corrected chi connectivity index (χ1v) is 9.67. The minimum atomic E-state index is -0.149. The van der Waals surface area contributed by atoms with Crippen LogP contribution in [0, 0.1) is 6.92 Å². The summed E-state index contributed by atoms with van der Waals surface area (Å²) >= 11 is 1.55. The van der Waals surface area contributed by atoms with Crippen molar-refractivity contribution in [2.24, 2.45) is 0 Å². The summed E-state index contributed by atoms with van der Waals surface area (Å²) in [7, 11) is 0. The SMILES string of the molecule is CCSc1nc2ccc(NC(=O)N3CCCC3c3cc(C)no3)cc2o1. The molecule has 3 heterocycles. The molecule has 136 valence electrons. The van der Waals surface area contributed by atoms with Gasteiger partial charge in [-0.3, -0.25) is 0 Å². The molecule has 0 spiro atoms. The summed E-state index contributed by atoms with van der Waals surface area (Å²) in [6, 6.07) is 7.18. The molecule has 0 saturated carbocycles. The highest BCUT2D eigenvalue weighted by Crippen LogP contribution is 2.33. The van der Waals surface area contributed by atoms with Crippen LogP contribution in [0.4, 0.5) is 10.5 Å². The van der Waals surface area contributed by atoms with E-state index in [9.17, 15) is 4.79 Å². The third-order valence-electron chi connectivity index (χ3n) is 4.38. The molecule has 2 amide bonds. The zero-order chi connectivity index (χ0) is 18.1. The summed E-state index contributed by atoms with van der Waals surface area (Å²) in [6.07, 6.45) is 1.82. The molecule has 1 N–H and O–H groups in total. The first kappa shape index (κ1) is 17.0. The van der Waals surface area contributed by atoms with Gasteiger partial charge in [0.2, 0.25) is 0 Å². The van der Waals surface area contributed by atoms with Crippen LogP contribution >= 0.6 is 11.8 Å². The molecule has 26 heavy (non-hydrogen) atoms. The Labute approximate surface area is 155 Å². The maximum Gasteiger partial charge on any atom is 0.322 e. The average Bonchev–Trinajstić information content (AvgIpc) is 3.32. The van der Waals surface area contributed by atoms with Gasteiger partial charge in [0.15, 0.2) is 11.3 Å². The number of aromatic nitrogens is 2. The number of urea groups is 1. The zero-order valence-electron chi connectivity index (χ0n) is 14.7. The van der Waals surface area contributed by atoms with Crippen LogP contribution in [0.1, 0.15) is 37.3 Å². The second kappa shape index (κ2) is 7.03. The van der Waals surface area contributed by atoms with Crippen LogP contribution in [0.25, 0.3) is 11.1 Å². The number of benzene rings is 1.